The van der Waals surface area contributed by atoms with Gasteiger partial charge in [-0.05, 0) is 32.9 Å². The predicted molar refractivity (Wildman–Crippen MR) is 69.9 cm³/mol. The SMILES string of the molecule is CCN(C(=O)Nc1ccccc1C(=O)O)C(C)C. The number of urea groups is 1. The molecule has 0 heterocycles. The van der Waals surface area contributed by atoms with Crippen LogP contribution in [0, 0.1) is 0 Å². The number of carboxylic acids is 1. The summed E-state index contributed by atoms with van der Waals surface area (Å²) in [5.41, 5.74) is 0.403. The first-order chi connectivity index (χ1) is 8.47. The zero-order valence-corrected chi connectivity index (χ0v) is 10.8. The summed E-state index contributed by atoms with van der Waals surface area (Å²) >= 11 is 0. The first-order valence-electron chi connectivity index (χ1n) is 5.87. The maximum Gasteiger partial charge on any atom is 0.337 e. The van der Waals surface area contributed by atoms with Crippen molar-refractivity contribution in [2.24, 2.45) is 0 Å². The fourth-order valence-electron chi connectivity index (χ4n) is 1.71. The monoisotopic (exact) mass is 250 g/mol. The molecule has 98 valence electrons. The number of para-hydroxylation sites is 1. The van der Waals surface area contributed by atoms with E-state index in [4.69, 9.17) is 5.11 Å². The van der Waals surface area contributed by atoms with E-state index in [0.717, 1.165) is 0 Å². The smallest absolute Gasteiger partial charge is 0.337 e. The van der Waals surface area contributed by atoms with Gasteiger partial charge in [-0.2, -0.15) is 0 Å². The van der Waals surface area contributed by atoms with E-state index in [1.165, 1.54) is 6.07 Å². The Morgan fingerprint density at radius 3 is 2.44 bits per heavy atom. The molecular formula is C13H18N2O3. The number of hydrogen-bond acceptors (Lipinski definition) is 2. The standard InChI is InChI=1S/C13H18N2O3/c1-4-15(9(2)3)13(18)14-11-8-6-5-7-10(11)12(16)17/h5-9H,4H2,1-3H3,(H,14,18)(H,16,17). The van der Waals surface area contributed by atoms with Gasteiger partial charge < -0.3 is 15.3 Å². The Hall–Kier alpha value is -2.04. The van der Waals surface area contributed by atoms with E-state index in [-0.39, 0.29) is 17.6 Å². The lowest BCUT2D eigenvalue weighted by molar-refractivity contribution is 0.0698. The molecule has 2 N–H and O–H groups in total. The van der Waals surface area contributed by atoms with E-state index < -0.39 is 5.97 Å². The van der Waals surface area contributed by atoms with Crippen LogP contribution in [0.25, 0.3) is 0 Å². The van der Waals surface area contributed by atoms with Crippen molar-refractivity contribution in [3.05, 3.63) is 29.8 Å². The summed E-state index contributed by atoms with van der Waals surface area (Å²) in [5.74, 6) is -1.06. The largest absolute Gasteiger partial charge is 0.478 e. The van der Waals surface area contributed by atoms with E-state index in [9.17, 15) is 9.59 Å². The van der Waals surface area contributed by atoms with Gasteiger partial charge in [0.15, 0.2) is 0 Å². The first kappa shape index (κ1) is 14.0. The molecular weight excluding hydrogens is 232 g/mol. The Balaban J connectivity index is 2.91. The fourth-order valence-corrected chi connectivity index (χ4v) is 1.71. The average Bonchev–Trinajstić information content (AvgIpc) is 2.29. The predicted octanol–water partition coefficient (Wildman–Crippen LogP) is 2.65. The summed E-state index contributed by atoms with van der Waals surface area (Å²) in [7, 11) is 0. The number of nitrogens with zero attached hydrogens (tertiary/aromatic N) is 1. The van der Waals surface area contributed by atoms with Crippen LogP contribution in [-0.4, -0.2) is 34.6 Å². The first-order valence-corrected chi connectivity index (χ1v) is 5.87. The molecule has 0 radical (unpaired) electrons. The van der Waals surface area contributed by atoms with E-state index >= 15 is 0 Å². The molecule has 0 aromatic heterocycles. The number of carboxylic acid groups (broad SMARTS) is 1. The van der Waals surface area contributed by atoms with Crippen molar-refractivity contribution in [1.82, 2.24) is 4.90 Å². The number of carbonyl (C=O) groups is 2. The molecule has 1 rings (SSSR count). The molecule has 0 saturated heterocycles. The second kappa shape index (κ2) is 6.05. The Bertz CT molecular complexity index is 444. The lowest BCUT2D eigenvalue weighted by Crippen LogP contribution is -2.40. The second-order valence-corrected chi connectivity index (χ2v) is 4.16. The quantitative estimate of drug-likeness (QED) is 0.863. The summed E-state index contributed by atoms with van der Waals surface area (Å²) in [4.78, 5) is 24.6. The molecule has 0 aliphatic heterocycles. The molecule has 2 amide bonds. The Morgan fingerprint density at radius 2 is 1.94 bits per heavy atom. The van der Waals surface area contributed by atoms with Crippen LogP contribution < -0.4 is 5.32 Å². The van der Waals surface area contributed by atoms with Gasteiger partial charge >= 0.3 is 12.0 Å². The van der Waals surface area contributed by atoms with Gasteiger partial charge in [0.05, 0.1) is 11.3 Å². The van der Waals surface area contributed by atoms with Crippen LogP contribution >= 0.6 is 0 Å². The van der Waals surface area contributed by atoms with Gasteiger partial charge in [-0.15, -0.1) is 0 Å². The van der Waals surface area contributed by atoms with Crippen molar-refractivity contribution in [2.45, 2.75) is 26.8 Å². The Labute approximate surface area is 106 Å². The highest BCUT2D eigenvalue weighted by Crippen LogP contribution is 2.16. The summed E-state index contributed by atoms with van der Waals surface area (Å²) in [6, 6.07) is 6.12. The van der Waals surface area contributed by atoms with E-state index in [1.807, 2.05) is 20.8 Å². The van der Waals surface area contributed by atoms with E-state index in [1.54, 1.807) is 23.1 Å². The molecule has 1 aromatic rings. The third kappa shape index (κ3) is 3.23. The van der Waals surface area contributed by atoms with Crippen molar-refractivity contribution in [1.29, 1.82) is 0 Å². The van der Waals surface area contributed by atoms with Gasteiger partial charge in [0.25, 0.3) is 0 Å². The fraction of sp³-hybridized carbons (Fsp3) is 0.385. The lowest BCUT2D eigenvalue weighted by Gasteiger charge is -2.25. The van der Waals surface area contributed by atoms with Crippen molar-refractivity contribution in [2.75, 3.05) is 11.9 Å². The Morgan fingerprint density at radius 1 is 1.33 bits per heavy atom. The van der Waals surface area contributed by atoms with Gasteiger partial charge in [-0.3, -0.25) is 0 Å². The van der Waals surface area contributed by atoms with Crippen LogP contribution in [0.15, 0.2) is 24.3 Å². The van der Waals surface area contributed by atoms with Gasteiger partial charge in [0.1, 0.15) is 0 Å². The molecule has 1 aromatic carbocycles. The average molecular weight is 250 g/mol. The highest BCUT2D eigenvalue weighted by atomic mass is 16.4. The molecule has 0 fully saturated rings. The van der Waals surface area contributed by atoms with Crippen LogP contribution in [-0.2, 0) is 0 Å². The van der Waals surface area contributed by atoms with Gasteiger partial charge in [-0.25, -0.2) is 9.59 Å². The highest BCUT2D eigenvalue weighted by molar-refractivity contribution is 6.00. The normalized spacial score (nSPS) is 10.2. The minimum atomic E-state index is -1.06. The van der Waals surface area contributed by atoms with Crippen molar-refractivity contribution >= 4 is 17.7 Å². The molecule has 0 aliphatic carbocycles. The lowest BCUT2D eigenvalue weighted by atomic mass is 10.2. The maximum atomic E-state index is 12.0. The van der Waals surface area contributed by atoms with Crippen LogP contribution in [0.5, 0.6) is 0 Å². The number of aromatic carboxylic acids is 1. The van der Waals surface area contributed by atoms with Gasteiger partial charge in [0, 0.05) is 12.6 Å². The zero-order valence-electron chi connectivity index (χ0n) is 10.8. The molecule has 5 heteroatoms. The van der Waals surface area contributed by atoms with Crippen LogP contribution in [0.4, 0.5) is 10.5 Å². The minimum absolute atomic E-state index is 0.0620. The molecule has 0 atom stereocenters. The maximum absolute atomic E-state index is 12.0. The number of rotatable bonds is 4. The summed E-state index contributed by atoms with van der Waals surface area (Å²) in [6.07, 6.45) is 0. The molecule has 5 nitrogen and oxygen atoms in total. The number of carbonyl (C=O) groups excluding carboxylic acids is 1. The number of anilines is 1. The van der Waals surface area contributed by atoms with Crippen molar-refractivity contribution in [3.63, 3.8) is 0 Å². The molecule has 0 bridgehead atoms. The summed E-state index contributed by atoms with van der Waals surface area (Å²) in [5, 5.41) is 11.6. The third-order valence-electron chi connectivity index (χ3n) is 2.62. The minimum Gasteiger partial charge on any atom is -0.478 e. The topological polar surface area (TPSA) is 69.6 Å². The zero-order chi connectivity index (χ0) is 13.7. The third-order valence-corrected chi connectivity index (χ3v) is 2.62. The number of amides is 2. The number of nitrogens with one attached hydrogen (secondary N) is 1. The molecule has 0 aliphatic rings. The highest BCUT2D eigenvalue weighted by Gasteiger charge is 2.17. The van der Waals surface area contributed by atoms with Crippen LogP contribution in [0.2, 0.25) is 0 Å². The van der Waals surface area contributed by atoms with E-state index in [2.05, 4.69) is 5.32 Å². The molecule has 0 saturated carbocycles. The summed E-state index contributed by atoms with van der Waals surface area (Å²) in [6.45, 7) is 6.26. The van der Waals surface area contributed by atoms with Gasteiger partial charge in [0.2, 0.25) is 0 Å². The van der Waals surface area contributed by atoms with Crippen LogP contribution in [0.1, 0.15) is 31.1 Å². The summed E-state index contributed by atoms with van der Waals surface area (Å²) < 4.78 is 0. The molecule has 0 unspecified atom stereocenters. The van der Waals surface area contributed by atoms with Gasteiger partial charge in [-0.1, -0.05) is 12.1 Å². The molecule has 18 heavy (non-hydrogen) atoms. The number of benzene rings is 1. The van der Waals surface area contributed by atoms with Crippen LogP contribution in [0.3, 0.4) is 0 Å². The molecule has 0 spiro atoms. The van der Waals surface area contributed by atoms with E-state index in [0.29, 0.717) is 12.2 Å². The second-order valence-electron chi connectivity index (χ2n) is 4.16. The Kier molecular flexibility index (Phi) is 4.71. The van der Waals surface area contributed by atoms with Crippen molar-refractivity contribution < 1.29 is 14.7 Å². The van der Waals surface area contributed by atoms with Crippen molar-refractivity contribution in [3.8, 4) is 0 Å². The number of hydrogen-bond donors (Lipinski definition) is 2.